The Morgan fingerprint density at radius 1 is 1.11 bits per heavy atom. The second kappa shape index (κ2) is 9.54. The Morgan fingerprint density at radius 2 is 1.89 bits per heavy atom. The van der Waals surface area contributed by atoms with Crippen molar-refractivity contribution in [3.63, 3.8) is 0 Å². The van der Waals surface area contributed by atoms with Gasteiger partial charge in [-0.15, -0.1) is 0 Å². The molecule has 0 spiro atoms. The molecule has 4 heteroatoms. The second-order valence-electron chi connectivity index (χ2n) is 7.55. The van der Waals surface area contributed by atoms with Gasteiger partial charge in [0.15, 0.2) is 0 Å². The third-order valence-electron chi connectivity index (χ3n) is 5.54. The van der Waals surface area contributed by atoms with Crippen LogP contribution in [-0.4, -0.2) is 29.3 Å². The van der Waals surface area contributed by atoms with Crippen molar-refractivity contribution >= 4 is 17.5 Å². The van der Waals surface area contributed by atoms with Crippen molar-refractivity contribution in [3.8, 4) is 0 Å². The first-order valence-electron chi connectivity index (χ1n) is 10.3. The van der Waals surface area contributed by atoms with Gasteiger partial charge < -0.3 is 10.2 Å². The van der Waals surface area contributed by atoms with Gasteiger partial charge in [0.1, 0.15) is 0 Å². The average Bonchev–Trinajstić information content (AvgIpc) is 2.71. The Labute approximate surface area is 167 Å². The fraction of sp³-hybridized carbons (Fsp3) is 0.417. The van der Waals surface area contributed by atoms with E-state index in [1.54, 1.807) is 6.92 Å². The molecule has 3 rings (SSSR count). The molecule has 4 nitrogen and oxygen atoms in total. The number of fused-ring (bicyclic) bond motifs is 1. The Morgan fingerprint density at radius 3 is 2.61 bits per heavy atom. The van der Waals surface area contributed by atoms with Gasteiger partial charge in [-0.05, 0) is 54.9 Å². The molecular formula is C24H30N2O2. The van der Waals surface area contributed by atoms with Crippen LogP contribution in [0, 0.1) is 0 Å². The van der Waals surface area contributed by atoms with Gasteiger partial charge >= 0.3 is 0 Å². The van der Waals surface area contributed by atoms with Gasteiger partial charge in [0.25, 0.3) is 0 Å². The van der Waals surface area contributed by atoms with Gasteiger partial charge in [0.2, 0.25) is 11.8 Å². The highest BCUT2D eigenvalue weighted by molar-refractivity contribution is 5.89. The van der Waals surface area contributed by atoms with E-state index < -0.39 is 0 Å². The van der Waals surface area contributed by atoms with Gasteiger partial charge in [-0.3, -0.25) is 9.59 Å². The van der Waals surface area contributed by atoms with Crippen LogP contribution in [0.2, 0.25) is 0 Å². The van der Waals surface area contributed by atoms with Crippen molar-refractivity contribution in [3.05, 3.63) is 65.2 Å². The van der Waals surface area contributed by atoms with E-state index in [0.29, 0.717) is 6.42 Å². The summed E-state index contributed by atoms with van der Waals surface area (Å²) in [6.07, 6.45) is 5.21. The number of carbonyl (C=O) groups excluding carboxylic acids is 2. The van der Waals surface area contributed by atoms with Gasteiger partial charge in [-0.25, -0.2) is 0 Å². The summed E-state index contributed by atoms with van der Waals surface area (Å²) in [6, 6.07) is 16.8. The van der Waals surface area contributed by atoms with Crippen molar-refractivity contribution in [2.45, 2.75) is 58.4 Å². The molecule has 1 unspecified atom stereocenters. The Bertz CT molecular complexity index is 817. The minimum absolute atomic E-state index is 0.0424. The van der Waals surface area contributed by atoms with E-state index in [1.807, 2.05) is 25.1 Å². The summed E-state index contributed by atoms with van der Waals surface area (Å²) >= 11 is 0. The van der Waals surface area contributed by atoms with Gasteiger partial charge in [0, 0.05) is 31.6 Å². The zero-order valence-corrected chi connectivity index (χ0v) is 16.9. The van der Waals surface area contributed by atoms with Gasteiger partial charge in [0.05, 0.1) is 0 Å². The summed E-state index contributed by atoms with van der Waals surface area (Å²) in [5.41, 5.74) is 4.71. The summed E-state index contributed by atoms with van der Waals surface area (Å²) in [4.78, 5) is 26.2. The number of hydrogen-bond acceptors (Lipinski definition) is 2. The van der Waals surface area contributed by atoms with Crippen LogP contribution in [0.25, 0.3) is 0 Å². The molecule has 0 aliphatic heterocycles. The molecule has 0 saturated carbocycles. The Hall–Kier alpha value is -2.62. The fourth-order valence-corrected chi connectivity index (χ4v) is 4.17. The van der Waals surface area contributed by atoms with Crippen LogP contribution in [0.1, 0.15) is 49.8 Å². The summed E-state index contributed by atoms with van der Waals surface area (Å²) in [5, 5.41) is 2.94. The molecule has 0 fully saturated rings. The quantitative estimate of drug-likeness (QED) is 0.778. The van der Waals surface area contributed by atoms with E-state index >= 15 is 0 Å². The molecule has 0 bridgehead atoms. The first kappa shape index (κ1) is 20.1. The summed E-state index contributed by atoms with van der Waals surface area (Å²) in [6.45, 7) is 4.28. The zero-order chi connectivity index (χ0) is 19.9. The summed E-state index contributed by atoms with van der Waals surface area (Å²) in [7, 11) is 0. The number of anilines is 1. The molecule has 2 aromatic carbocycles. The van der Waals surface area contributed by atoms with Gasteiger partial charge in [-0.1, -0.05) is 49.4 Å². The van der Waals surface area contributed by atoms with Gasteiger partial charge in [-0.2, -0.15) is 0 Å². The normalized spacial score (nSPS) is 15.6. The fourth-order valence-electron chi connectivity index (χ4n) is 4.17. The molecule has 1 aliphatic carbocycles. The van der Waals surface area contributed by atoms with Crippen LogP contribution >= 0.6 is 0 Å². The lowest BCUT2D eigenvalue weighted by Gasteiger charge is -2.36. The van der Waals surface area contributed by atoms with Crippen LogP contribution < -0.4 is 5.32 Å². The van der Waals surface area contributed by atoms with E-state index in [2.05, 4.69) is 40.5 Å². The molecule has 148 valence electrons. The predicted octanol–water partition coefficient (Wildman–Crippen LogP) is 4.37. The largest absolute Gasteiger partial charge is 0.339 e. The van der Waals surface area contributed by atoms with E-state index in [1.165, 1.54) is 16.7 Å². The van der Waals surface area contributed by atoms with E-state index in [0.717, 1.165) is 44.3 Å². The molecule has 1 aliphatic rings. The predicted molar refractivity (Wildman–Crippen MR) is 113 cm³/mol. The Balaban J connectivity index is 1.68. The number of nitrogens with one attached hydrogen (secondary N) is 1. The third kappa shape index (κ3) is 5.00. The number of amides is 2. The highest BCUT2D eigenvalue weighted by atomic mass is 16.2. The number of hydrogen-bond donors (Lipinski definition) is 1. The summed E-state index contributed by atoms with van der Waals surface area (Å²) < 4.78 is 0. The maximum Gasteiger partial charge on any atom is 0.222 e. The van der Waals surface area contributed by atoms with Crippen molar-refractivity contribution in [2.24, 2.45) is 0 Å². The molecule has 1 atom stereocenters. The van der Waals surface area contributed by atoms with Crippen molar-refractivity contribution < 1.29 is 9.59 Å². The number of nitrogens with zero attached hydrogens (tertiary/aromatic N) is 1. The summed E-state index contributed by atoms with van der Waals surface area (Å²) in [5.74, 6) is 0.193. The molecule has 28 heavy (non-hydrogen) atoms. The number of benzene rings is 2. The lowest BCUT2D eigenvalue weighted by atomic mass is 9.86. The number of rotatable bonds is 7. The number of carbonyl (C=O) groups is 2. The topological polar surface area (TPSA) is 49.4 Å². The van der Waals surface area contributed by atoms with Crippen molar-refractivity contribution in [2.75, 3.05) is 11.9 Å². The SMILES string of the molecule is CCC(=O)N(CCCc1ccccc1)C1CCc2c(cccc2NC(C)=O)C1. The van der Waals surface area contributed by atoms with E-state index in [-0.39, 0.29) is 17.9 Å². The van der Waals surface area contributed by atoms with E-state index in [9.17, 15) is 9.59 Å². The van der Waals surface area contributed by atoms with Crippen LogP contribution in [0.15, 0.2) is 48.5 Å². The highest BCUT2D eigenvalue weighted by Gasteiger charge is 2.27. The van der Waals surface area contributed by atoms with Crippen molar-refractivity contribution in [1.82, 2.24) is 4.90 Å². The molecule has 0 heterocycles. The van der Waals surface area contributed by atoms with Crippen LogP contribution in [-0.2, 0) is 28.9 Å². The first-order valence-corrected chi connectivity index (χ1v) is 10.3. The van der Waals surface area contributed by atoms with Crippen molar-refractivity contribution in [1.29, 1.82) is 0 Å². The third-order valence-corrected chi connectivity index (χ3v) is 5.54. The molecule has 0 aromatic heterocycles. The minimum atomic E-state index is -0.0424. The van der Waals surface area contributed by atoms with E-state index in [4.69, 9.17) is 0 Å². The molecule has 0 radical (unpaired) electrons. The average molecular weight is 379 g/mol. The lowest BCUT2D eigenvalue weighted by Crippen LogP contribution is -2.44. The smallest absolute Gasteiger partial charge is 0.222 e. The zero-order valence-electron chi connectivity index (χ0n) is 16.9. The maximum atomic E-state index is 12.6. The number of aryl methyl sites for hydroxylation is 1. The van der Waals surface area contributed by atoms with Crippen LogP contribution in [0.5, 0.6) is 0 Å². The maximum absolute atomic E-state index is 12.6. The standard InChI is InChI=1S/C24H30N2O2/c1-3-24(28)26(16-8-11-19-9-5-4-6-10-19)21-14-15-22-20(17-21)12-7-13-23(22)25-18(2)27/h4-7,9-10,12-13,21H,3,8,11,14-17H2,1-2H3,(H,25,27). The highest BCUT2D eigenvalue weighted by Crippen LogP contribution is 2.30. The monoisotopic (exact) mass is 378 g/mol. The lowest BCUT2D eigenvalue weighted by molar-refractivity contribution is -0.133. The molecular weight excluding hydrogens is 348 g/mol. The minimum Gasteiger partial charge on any atom is -0.339 e. The second-order valence-corrected chi connectivity index (χ2v) is 7.55. The molecule has 2 aromatic rings. The van der Waals surface area contributed by atoms with Crippen LogP contribution in [0.3, 0.4) is 0 Å². The molecule has 0 saturated heterocycles. The molecule has 2 amide bonds. The Kier molecular flexibility index (Phi) is 6.85. The first-order chi connectivity index (χ1) is 13.6. The molecule has 1 N–H and O–H groups in total. The van der Waals surface area contributed by atoms with Crippen LogP contribution in [0.4, 0.5) is 5.69 Å².